The van der Waals surface area contributed by atoms with Gasteiger partial charge in [0.15, 0.2) is 0 Å². The Balaban J connectivity index is 1.67. The summed E-state index contributed by atoms with van der Waals surface area (Å²) in [7, 11) is -2.00. The molecule has 3 heterocycles. The summed E-state index contributed by atoms with van der Waals surface area (Å²) in [5.74, 6) is 0.667. The van der Waals surface area contributed by atoms with Gasteiger partial charge in [0.1, 0.15) is 5.82 Å². The number of hydrogen-bond donors (Lipinski definition) is 1. The van der Waals surface area contributed by atoms with Gasteiger partial charge in [0.05, 0.1) is 28.5 Å². The third-order valence-electron chi connectivity index (χ3n) is 6.38. The zero-order chi connectivity index (χ0) is 25.0. The van der Waals surface area contributed by atoms with Gasteiger partial charge in [-0.2, -0.15) is 5.10 Å². The van der Waals surface area contributed by atoms with E-state index in [1.165, 1.54) is 4.31 Å². The Kier molecular flexibility index (Phi) is 5.44. The molecule has 0 saturated carbocycles. The van der Waals surface area contributed by atoms with Gasteiger partial charge in [-0.15, -0.1) is 0 Å². The monoisotopic (exact) mass is 487 g/mol. The van der Waals surface area contributed by atoms with Gasteiger partial charge in [-0.1, -0.05) is 45.0 Å². The van der Waals surface area contributed by atoms with E-state index < -0.39 is 10.0 Å². The molecule has 1 aliphatic heterocycles. The lowest BCUT2D eigenvalue weighted by atomic mass is 9.87. The molecule has 7 nitrogen and oxygen atoms in total. The van der Waals surface area contributed by atoms with Crippen molar-refractivity contribution >= 4 is 27.2 Å². The predicted molar refractivity (Wildman–Crippen MR) is 139 cm³/mol. The standard InChI is InChI=1S/C27H29N5O2S/c1-18-6-7-20-17-32(35(33,34)22-11-9-21(10-12-22)27(2,3)4)25-16-19(24-14-15-28-31(24)5)8-13-23(25)30-26(20)29-18/h6-16H,17H2,1-5H3,(H,29,30). The van der Waals surface area contributed by atoms with Crippen molar-refractivity contribution in [1.82, 2.24) is 14.8 Å². The maximum atomic E-state index is 14.1. The van der Waals surface area contributed by atoms with E-state index in [9.17, 15) is 8.42 Å². The Bertz CT molecular complexity index is 1520. The zero-order valence-corrected chi connectivity index (χ0v) is 21.4. The molecule has 0 unspecified atom stereocenters. The molecule has 4 aromatic rings. The van der Waals surface area contributed by atoms with Gasteiger partial charge in [0, 0.05) is 30.1 Å². The number of nitrogens with one attached hydrogen (secondary N) is 1. The number of aromatic nitrogens is 3. The highest BCUT2D eigenvalue weighted by atomic mass is 32.2. The second-order valence-corrected chi connectivity index (χ2v) is 11.8. The lowest BCUT2D eigenvalue weighted by molar-refractivity contribution is 0.584. The predicted octanol–water partition coefficient (Wildman–Crippen LogP) is 5.54. The van der Waals surface area contributed by atoms with Crippen LogP contribution in [0.2, 0.25) is 0 Å². The normalized spacial score (nSPS) is 13.6. The highest BCUT2D eigenvalue weighted by Gasteiger charge is 2.31. The first-order chi connectivity index (χ1) is 16.5. The van der Waals surface area contributed by atoms with E-state index in [0.29, 0.717) is 17.2 Å². The van der Waals surface area contributed by atoms with E-state index in [1.54, 1.807) is 23.0 Å². The fraction of sp³-hybridized carbons (Fsp3) is 0.259. The van der Waals surface area contributed by atoms with E-state index in [0.717, 1.165) is 28.1 Å². The van der Waals surface area contributed by atoms with Gasteiger partial charge in [-0.05, 0) is 54.3 Å². The molecule has 5 rings (SSSR count). The van der Waals surface area contributed by atoms with Crippen molar-refractivity contribution in [2.24, 2.45) is 7.05 Å². The van der Waals surface area contributed by atoms with Crippen LogP contribution in [0.1, 0.15) is 37.6 Å². The SMILES string of the molecule is Cc1ccc2c(n1)Nc1ccc(-c3ccnn3C)cc1N(S(=O)(=O)c1ccc(C(C)(C)C)cc1)C2. The Labute approximate surface area is 206 Å². The topological polar surface area (TPSA) is 80.1 Å². The number of aryl methyl sites for hydroxylation is 2. The summed E-state index contributed by atoms with van der Waals surface area (Å²) in [6.07, 6.45) is 1.73. The Morgan fingerprint density at radius 2 is 1.71 bits per heavy atom. The van der Waals surface area contributed by atoms with Crippen LogP contribution < -0.4 is 9.62 Å². The Hall–Kier alpha value is -3.65. The van der Waals surface area contributed by atoms with Crippen molar-refractivity contribution in [2.75, 3.05) is 9.62 Å². The summed E-state index contributed by atoms with van der Waals surface area (Å²) >= 11 is 0. The van der Waals surface area contributed by atoms with Crippen molar-refractivity contribution in [3.8, 4) is 11.3 Å². The summed E-state index contributed by atoms with van der Waals surface area (Å²) in [4.78, 5) is 4.90. The molecule has 0 fully saturated rings. The van der Waals surface area contributed by atoms with Crippen molar-refractivity contribution in [3.05, 3.63) is 83.7 Å². The highest BCUT2D eigenvalue weighted by molar-refractivity contribution is 7.92. The number of sulfonamides is 1. The van der Waals surface area contributed by atoms with Crippen LogP contribution in [0.3, 0.4) is 0 Å². The summed E-state index contributed by atoms with van der Waals surface area (Å²) in [6, 6.07) is 18.7. The van der Waals surface area contributed by atoms with E-state index in [1.807, 2.05) is 62.5 Å². The summed E-state index contributed by atoms with van der Waals surface area (Å²) in [6.45, 7) is 8.42. The molecule has 0 saturated heterocycles. The fourth-order valence-electron chi connectivity index (χ4n) is 4.32. The molecule has 8 heteroatoms. The van der Waals surface area contributed by atoms with Crippen LogP contribution in [0, 0.1) is 6.92 Å². The van der Waals surface area contributed by atoms with Gasteiger partial charge in [-0.3, -0.25) is 8.99 Å². The number of pyridine rings is 1. The molecule has 180 valence electrons. The highest BCUT2D eigenvalue weighted by Crippen LogP contribution is 2.40. The van der Waals surface area contributed by atoms with Crippen LogP contribution in [0.25, 0.3) is 11.3 Å². The molecule has 2 aromatic heterocycles. The quantitative estimate of drug-likeness (QED) is 0.410. The number of anilines is 3. The van der Waals surface area contributed by atoms with E-state index in [4.69, 9.17) is 0 Å². The number of nitrogens with zero attached hydrogens (tertiary/aromatic N) is 4. The van der Waals surface area contributed by atoms with Crippen LogP contribution in [0.5, 0.6) is 0 Å². The minimum absolute atomic E-state index is 0.0676. The largest absolute Gasteiger partial charge is 0.338 e. The summed E-state index contributed by atoms with van der Waals surface area (Å²) in [5.41, 5.74) is 5.71. The lowest BCUT2D eigenvalue weighted by Gasteiger charge is -2.26. The van der Waals surface area contributed by atoms with Crippen LogP contribution in [-0.2, 0) is 29.0 Å². The lowest BCUT2D eigenvalue weighted by Crippen LogP contribution is -2.30. The molecule has 0 aliphatic carbocycles. The molecule has 0 spiro atoms. The second-order valence-electron chi connectivity index (χ2n) is 9.94. The molecule has 1 N–H and O–H groups in total. The molecule has 0 radical (unpaired) electrons. The van der Waals surface area contributed by atoms with E-state index in [-0.39, 0.29) is 16.9 Å². The molecule has 2 aromatic carbocycles. The molecule has 0 amide bonds. The first kappa shape index (κ1) is 23.1. The third kappa shape index (κ3) is 4.18. The van der Waals surface area contributed by atoms with Crippen LogP contribution in [0.4, 0.5) is 17.2 Å². The minimum Gasteiger partial charge on any atom is -0.338 e. The average molecular weight is 488 g/mol. The number of hydrogen-bond acceptors (Lipinski definition) is 5. The zero-order valence-electron chi connectivity index (χ0n) is 20.6. The van der Waals surface area contributed by atoms with Crippen LogP contribution in [-0.4, -0.2) is 23.2 Å². The van der Waals surface area contributed by atoms with Gasteiger partial charge < -0.3 is 5.32 Å². The fourth-order valence-corrected chi connectivity index (χ4v) is 5.77. The Morgan fingerprint density at radius 1 is 0.971 bits per heavy atom. The molecule has 0 bridgehead atoms. The maximum absolute atomic E-state index is 14.1. The van der Waals surface area contributed by atoms with Gasteiger partial charge in [-0.25, -0.2) is 13.4 Å². The van der Waals surface area contributed by atoms with Crippen molar-refractivity contribution in [1.29, 1.82) is 0 Å². The first-order valence-electron chi connectivity index (χ1n) is 11.5. The number of rotatable bonds is 3. The summed E-state index contributed by atoms with van der Waals surface area (Å²) < 4.78 is 31.4. The third-order valence-corrected chi connectivity index (χ3v) is 8.15. The van der Waals surface area contributed by atoms with Crippen LogP contribution in [0.15, 0.2) is 71.8 Å². The van der Waals surface area contributed by atoms with Crippen molar-refractivity contribution < 1.29 is 8.42 Å². The van der Waals surface area contributed by atoms with Gasteiger partial charge in [0.25, 0.3) is 10.0 Å². The first-order valence-corrected chi connectivity index (χ1v) is 13.0. The van der Waals surface area contributed by atoms with Gasteiger partial charge in [0.2, 0.25) is 0 Å². The second kappa shape index (κ2) is 8.23. The molecular formula is C27H29N5O2S. The smallest absolute Gasteiger partial charge is 0.264 e. The van der Waals surface area contributed by atoms with Crippen molar-refractivity contribution in [3.63, 3.8) is 0 Å². The van der Waals surface area contributed by atoms with E-state index >= 15 is 0 Å². The molecular weight excluding hydrogens is 458 g/mol. The molecule has 1 aliphatic rings. The Morgan fingerprint density at radius 3 is 2.37 bits per heavy atom. The average Bonchev–Trinajstić information content (AvgIpc) is 3.16. The maximum Gasteiger partial charge on any atom is 0.264 e. The minimum atomic E-state index is -3.87. The summed E-state index contributed by atoms with van der Waals surface area (Å²) in [5, 5.41) is 7.64. The van der Waals surface area contributed by atoms with E-state index in [2.05, 4.69) is 36.2 Å². The number of benzene rings is 2. The molecule has 0 atom stereocenters. The molecule has 35 heavy (non-hydrogen) atoms. The number of fused-ring (bicyclic) bond motifs is 2. The van der Waals surface area contributed by atoms with Crippen molar-refractivity contribution in [2.45, 2.75) is 44.6 Å². The van der Waals surface area contributed by atoms with Crippen LogP contribution >= 0.6 is 0 Å². The van der Waals surface area contributed by atoms with Gasteiger partial charge >= 0.3 is 0 Å².